The lowest BCUT2D eigenvalue weighted by Gasteiger charge is -2.29. The van der Waals surface area contributed by atoms with Crippen LogP contribution in [-0.4, -0.2) is 58.3 Å². The second-order valence-electron chi connectivity index (χ2n) is 9.84. The van der Waals surface area contributed by atoms with Crippen LogP contribution in [0.3, 0.4) is 0 Å². The lowest BCUT2D eigenvalue weighted by Crippen LogP contribution is -2.51. The quantitative estimate of drug-likeness (QED) is 0.0789. The van der Waals surface area contributed by atoms with E-state index in [4.69, 9.17) is 4.18 Å². The number of carbonyl (C=O) groups is 4. The molecule has 0 saturated carbocycles. The van der Waals surface area contributed by atoms with E-state index in [1.54, 1.807) is 19.1 Å². The Bertz CT molecular complexity index is 2040. The number of hydrazine groups is 1. The molecule has 232 valence electrons. The van der Waals surface area contributed by atoms with E-state index in [9.17, 15) is 47.8 Å². The van der Waals surface area contributed by atoms with E-state index in [2.05, 4.69) is 0 Å². The van der Waals surface area contributed by atoms with Gasteiger partial charge in [0.1, 0.15) is 22.8 Å². The van der Waals surface area contributed by atoms with Crippen LogP contribution in [0.1, 0.15) is 47.0 Å². The molecule has 0 saturated heterocycles. The van der Waals surface area contributed by atoms with Crippen LogP contribution in [0.2, 0.25) is 0 Å². The van der Waals surface area contributed by atoms with Crippen LogP contribution < -0.4 is 4.18 Å². The largest absolute Gasteiger partial charge is 0.379 e. The summed E-state index contributed by atoms with van der Waals surface area (Å²) >= 11 is 0. The van der Waals surface area contributed by atoms with E-state index < -0.39 is 61.3 Å². The molecule has 5 rings (SSSR count). The fourth-order valence-corrected chi connectivity index (χ4v) is 5.47. The number of fused-ring (bicyclic) bond motifs is 1. The first-order chi connectivity index (χ1) is 21.8. The van der Waals surface area contributed by atoms with Crippen molar-refractivity contribution in [1.29, 1.82) is 0 Å². The second-order valence-corrected chi connectivity index (χ2v) is 11.4. The normalized spacial score (nSPS) is 12.4. The van der Waals surface area contributed by atoms with E-state index in [0.29, 0.717) is 10.0 Å². The van der Waals surface area contributed by atoms with Crippen molar-refractivity contribution in [2.45, 2.75) is 11.8 Å². The third-order valence-corrected chi connectivity index (χ3v) is 8.12. The highest BCUT2D eigenvalue weighted by Crippen LogP contribution is 2.32. The number of hydrogen-bond acceptors (Lipinski definition) is 11. The molecule has 0 atom stereocenters. The van der Waals surface area contributed by atoms with Gasteiger partial charge in [0, 0.05) is 29.3 Å². The number of nitro benzene ring substituents is 2. The summed E-state index contributed by atoms with van der Waals surface area (Å²) in [5.74, 6) is -4.40. The molecule has 0 N–H and O–H groups in total. The van der Waals surface area contributed by atoms with Crippen LogP contribution in [-0.2, 0) is 10.1 Å². The molecule has 1 aliphatic rings. The van der Waals surface area contributed by atoms with E-state index in [0.717, 1.165) is 42.0 Å². The molecule has 0 spiro atoms. The summed E-state index contributed by atoms with van der Waals surface area (Å²) in [4.78, 5) is 74.8. The van der Waals surface area contributed by atoms with Gasteiger partial charge in [-0.05, 0) is 61.5 Å². The van der Waals surface area contributed by atoms with Crippen molar-refractivity contribution >= 4 is 45.0 Å². The van der Waals surface area contributed by atoms with Crippen LogP contribution >= 0.6 is 0 Å². The molecular formula is C30H20N4O11S. The number of aryl methyl sites for hydroxylation is 1. The first kappa shape index (κ1) is 31.1. The molecule has 1 aliphatic heterocycles. The van der Waals surface area contributed by atoms with Gasteiger partial charge in [-0.1, -0.05) is 23.8 Å². The number of amides is 3. The Morgan fingerprint density at radius 3 is 2.00 bits per heavy atom. The second kappa shape index (κ2) is 12.0. The highest BCUT2D eigenvalue weighted by Gasteiger charge is 2.46. The fourth-order valence-electron chi connectivity index (χ4n) is 4.54. The summed E-state index contributed by atoms with van der Waals surface area (Å²) in [5.41, 5.74) is -1.49. The molecule has 0 bridgehead atoms. The van der Waals surface area contributed by atoms with Gasteiger partial charge in [0.25, 0.3) is 29.1 Å². The zero-order chi connectivity index (χ0) is 33.3. The number of Topliss-reactive ketones (excluding diaryl/α,β-unsaturated/α-hetero) is 1. The first-order valence-corrected chi connectivity index (χ1v) is 14.6. The lowest BCUT2D eigenvalue weighted by molar-refractivity contribution is -0.385. The standard InChI is InChI=1S/C30H20N4O11S/c1-18-5-15-23(16-6-18)46(43,44)45-22-13-9-19(10-14-22)26(35)17-31(28(36)20-7-11-21(12-8-20)33(39)40)32-29(37)24-3-2-4-25(34(41)42)27(24)30(32)38/h2-16H,17H2,1H3. The van der Waals surface area contributed by atoms with Crippen molar-refractivity contribution < 1.29 is 41.6 Å². The lowest BCUT2D eigenvalue weighted by atomic mass is 10.1. The topological polar surface area (TPSA) is 204 Å². The number of ketones is 1. The summed E-state index contributed by atoms with van der Waals surface area (Å²) < 4.78 is 30.4. The number of non-ortho nitro benzene ring substituents is 1. The number of carbonyl (C=O) groups excluding carboxylic acids is 4. The fraction of sp³-hybridized carbons (Fsp3) is 0.0667. The smallest absolute Gasteiger partial charge is 0.339 e. The Kier molecular flexibility index (Phi) is 8.13. The third-order valence-electron chi connectivity index (χ3n) is 6.85. The van der Waals surface area contributed by atoms with Gasteiger partial charge in [-0.3, -0.25) is 39.4 Å². The average Bonchev–Trinajstić information content (AvgIpc) is 3.28. The van der Waals surface area contributed by atoms with E-state index >= 15 is 0 Å². The van der Waals surface area contributed by atoms with Gasteiger partial charge in [0.15, 0.2) is 5.78 Å². The highest BCUT2D eigenvalue weighted by atomic mass is 32.2. The van der Waals surface area contributed by atoms with E-state index in [-0.39, 0.29) is 33.0 Å². The summed E-state index contributed by atoms with van der Waals surface area (Å²) in [5, 5.41) is 23.5. The Hall–Kier alpha value is -6.29. The molecule has 0 unspecified atom stereocenters. The average molecular weight is 645 g/mol. The van der Waals surface area contributed by atoms with Gasteiger partial charge in [0.2, 0.25) is 0 Å². The van der Waals surface area contributed by atoms with Crippen LogP contribution in [0.5, 0.6) is 5.75 Å². The van der Waals surface area contributed by atoms with Gasteiger partial charge in [0.05, 0.1) is 15.4 Å². The summed E-state index contributed by atoms with van der Waals surface area (Å²) in [6, 6.07) is 18.1. The molecule has 15 nitrogen and oxygen atoms in total. The molecule has 0 fully saturated rings. The van der Waals surface area contributed by atoms with Crippen LogP contribution in [0.4, 0.5) is 11.4 Å². The minimum absolute atomic E-state index is 0.0795. The predicted octanol–water partition coefficient (Wildman–Crippen LogP) is 4.12. The maximum atomic E-state index is 13.6. The van der Waals surface area contributed by atoms with Crippen molar-refractivity contribution in [1.82, 2.24) is 10.0 Å². The summed E-state index contributed by atoms with van der Waals surface area (Å²) in [6.45, 7) is 0.850. The molecule has 3 amide bonds. The molecule has 16 heteroatoms. The summed E-state index contributed by atoms with van der Waals surface area (Å²) in [6.07, 6.45) is 0. The van der Waals surface area contributed by atoms with E-state index in [1.165, 1.54) is 42.5 Å². The Morgan fingerprint density at radius 2 is 1.41 bits per heavy atom. The highest BCUT2D eigenvalue weighted by molar-refractivity contribution is 7.87. The molecule has 0 radical (unpaired) electrons. The van der Waals surface area contributed by atoms with Gasteiger partial charge >= 0.3 is 10.1 Å². The van der Waals surface area contributed by atoms with E-state index in [1.807, 2.05) is 0 Å². The Morgan fingerprint density at radius 1 is 0.804 bits per heavy atom. The van der Waals surface area contributed by atoms with Crippen molar-refractivity contribution in [2.75, 3.05) is 6.54 Å². The van der Waals surface area contributed by atoms with Crippen molar-refractivity contribution in [3.8, 4) is 5.75 Å². The van der Waals surface area contributed by atoms with Crippen molar-refractivity contribution in [2.24, 2.45) is 0 Å². The Labute approximate surface area is 259 Å². The predicted molar refractivity (Wildman–Crippen MR) is 157 cm³/mol. The molecular weight excluding hydrogens is 624 g/mol. The van der Waals surface area contributed by atoms with Crippen LogP contribution in [0, 0.1) is 27.2 Å². The van der Waals surface area contributed by atoms with Gasteiger partial charge in [-0.15, -0.1) is 0 Å². The van der Waals surface area contributed by atoms with Crippen molar-refractivity contribution in [3.05, 3.63) is 139 Å². The molecule has 1 heterocycles. The van der Waals surface area contributed by atoms with Gasteiger partial charge in [-0.25, -0.2) is 5.01 Å². The molecule has 4 aromatic carbocycles. The van der Waals surface area contributed by atoms with Crippen LogP contribution in [0.25, 0.3) is 0 Å². The van der Waals surface area contributed by atoms with Gasteiger partial charge < -0.3 is 4.18 Å². The number of nitro groups is 2. The minimum Gasteiger partial charge on any atom is -0.379 e. The number of nitrogens with zero attached hydrogens (tertiary/aromatic N) is 4. The van der Waals surface area contributed by atoms with Gasteiger partial charge in [-0.2, -0.15) is 13.4 Å². The zero-order valence-electron chi connectivity index (χ0n) is 23.6. The molecule has 0 aromatic heterocycles. The third kappa shape index (κ3) is 5.91. The minimum atomic E-state index is -4.20. The molecule has 46 heavy (non-hydrogen) atoms. The first-order valence-electron chi connectivity index (χ1n) is 13.2. The van der Waals surface area contributed by atoms with Crippen molar-refractivity contribution in [3.63, 3.8) is 0 Å². The SMILES string of the molecule is Cc1ccc(S(=O)(=O)Oc2ccc(C(=O)CN(C(=O)c3ccc([N+](=O)[O-])cc3)N3C(=O)c4cccc([N+](=O)[O-])c4C3=O)cc2)cc1. The number of rotatable bonds is 10. The molecule has 0 aliphatic carbocycles. The number of imide groups is 1. The maximum absolute atomic E-state index is 13.6. The maximum Gasteiger partial charge on any atom is 0.339 e. The number of benzene rings is 4. The molecule has 4 aromatic rings. The summed E-state index contributed by atoms with van der Waals surface area (Å²) in [7, 11) is -4.20. The number of hydrogen-bond donors (Lipinski definition) is 0. The zero-order valence-corrected chi connectivity index (χ0v) is 24.4. The Balaban J connectivity index is 1.45. The van der Waals surface area contributed by atoms with Crippen LogP contribution in [0.15, 0.2) is 95.9 Å². The monoisotopic (exact) mass is 644 g/mol.